The van der Waals surface area contributed by atoms with Crippen LogP contribution in [0.25, 0.3) is 45.1 Å². The first kappa shape index (κ1) is 17.2. The third-order valence-corrected chi connectivity index (χ3v) is 4.87. The summed E-state index contributed by atoms with van der Waals surface area (Å²) in [6.45, 7) is 0.759. The lowest BCUT2D eigenvalue weighted by Gasteiger charge is -2.11. The van der Waals surface area contributed by atoms with Crippen LogP contribution in [0.2, 0.25) is 0 Å². The number of nitrogens with one attached hydrogen (secondary N) is 1. The largest absolute Gasteiger partial charge is 0.354 e. The first-order chi connectivity index (χ1) is 14.3. The van der Waals surface area contributed by atoms with Crippen molar-refractivity contribution in [3.8, 4) is 33.9 Å². The number of hydrogen-bond acceptors (Lipinski definition) is 4. The van der Waals surface area contributed by atoms with E-state index in [-0.39, 0.29) is 0 Å². The molecule has 0 aliphatic rings. The van der Waals surface area contributed by atoms with E-state index >= 15 is 0 Å². The molecule has 0 radical (unpaired) electrons. The second kappa shape index (κ2) is 7.26. The van der Waals surface area contributed by atoms with Gasteiger partial charge in [0, 0.05) is 22.9 Å². The Kier molecular flexibility index (Phi) is 4.31. The molecule has 4 N–H and O–H groups in total. The second-order valence-electron chi connectivity index (χ2n) is 6.74. The quantitative estimate of drug-likeness (QED) is 0.500. The van der Waals surface area contributed by atoms with Crippen molar-refractivity contribution < 1.29 is 5.73 Å². The Labute approximate surface area is 167 Å². The van der Waals surface area contributed by atoms with Gasteiger partial charge < -0.3 is 5.73 Å². The van der Waals surface area contributed by atoms with Gasteiger partial charge in [-0.05, 0) is 18.2 Å². The molecule has 0 atom stereocenters. The number of fused-ring (bicyclic) bond motifs is 1. The minimum Gasteiger partial charge on any atom is -0.354 e. The van der Waals surface area contributed by atoms with Gasteiger partial charge in [0.15, 0.2) is 5.65 Å². The number of hydrogen-bond donors (Lipinski definition) is 2. The molecule has 0 aliphatic heterocycles. The number of quaternary nitrogens is 1. The molecule has 3 aromatic heterocycles. The number of nitrogens with zero attached hydrogens (tertiary/aromatic N) is 4. The predicted molar refractivity (Wildman–Crippen MR) is 112 cm³/mol. The molecule has 5 aromatic rings. The highest BCUT2D eigenvalue weighted by Crippen LogP contribution is 2.31. The summed E-state index contributed by atoms with van der Waals surface area (Å²) in [4.78, 5) is 14.6. The van der Waals surface area contributed by atoms with Crippen LogP contribution in [0.4, 0.5) is 0 Å². The molecule has 2 aromatic carbocycles. The lowest BCUT2D eigenvalue weighted by atomic mass is 10.0. The molecule has 0 fully saturated rings. The molecule has 0 bridgehead atoms. The average Bonchev–Trinajstić information content (AvgIpc) is 3.33. The van der Waals surface area contributed by atoms with Gasteiger partial charge in [-0.3, -0.25) is 5.10 Å². The molecule has 0 aliphatic carbocycles. The third-order valence-electron chi connectivity index (χ3n) is 4.87. The van der Waals surface area contributed by atoms with Gasteiger partial charge >= 0.3 is 0 Å². The van der Waals surface area contributed by atoms with Crippen LogP contribution in [0.3, 0.4) is 0 Å². The molecule has 0 unspecified atom stereocenters. The van der Waals surface area contributed by atoms with Gasteiger partial charge in [-0.1, -0.05) is 54.6 Å². The van der Waals surface area contributed by atoms with Gasteiger partial charge in [-0.15, -0.1) is 0 Å². The van der Waals surface area contributed by atoms with Crippen molar-refractivity contribution in [3.63, 3.8) is 0 Å². The smallest absolute Gasteiger partial charge is 0.179 e. The molecule has 29 heavy (non-hydrogen) atoms. The van der Waals surface area contributed by atoms with Crippen molar-refractivity contribution >= 4 is 11.2 Å². The zero-order valence-corrected chi connectivity index (χ0v) is 15.7. The van der Waals surface area contributed by atoms with E-state index in [0.717, 1.165) is 46.0 Å². The summed E-state index contributed by atoms with van der Waals surface area (Å²) in [5.41, 5.74) is 11.8. The number of rotatable bonds is 4. The van der Waals surface area contributed by atoms with Crippen LogP contribution >= 0.6 is 0 Å². The van der Waals surface area contributed by atoms with Crippen LogP contribution in [0, 0.1) is 0 Å². The minimum atomic E-state index is 0.606. The average molecular weight is 379 g/mol. The van der Waals surface area contributed by atoms with E-state index in [1.54, 1.807) is 6.20 Å². The Morgan fingerprint density at radius 2 is 1.48 bits per heavy atom. The number of H-pyrrole nitrogens is 1. The number of aromatic amines is 1. The van der Waals surface area contributed by atoms with Crippen LogP contribution in [-0.2, 0) is 6.54 Å². The third kappa shape index (κ3) is 3.26. The number of aromatic nitrogens is 5. The van der Waals surface area contributed by atoms with Crippen LogP contribution in [-0.4, -0.2) is 25.1 Å². The highest BCUT2D eigenvalue weighted by molar-refractivity contribution is 5.85. The van der Waals surface area contributed by atoms with Crippen molar-refractivity contribution in [1.29, 1.82) is 0 Å². The summed E-state index contributed by atoms with van der Waals surface area (Å²) in [6, 6.07) is 24.2. The van der Waals surface area contributed by atoms with Crippen molar-refractivity contribution in [2.45, 2.75) is 6.54 Å². The van der Waals surface area contributed by atoms with Crippen LogP contribution in [0.15, 0.2) is 79.0 Å². The maximum Gasteiger partial charge on any atom is 0.179 e. The molecule has 6 heteroatoms. The van der Waals surface area contributed by atoms with Crippen LogP contribution in [0.1, 0.15) is 5.56 Å². The van der Waals surface area contributed by atoms with Gasteiger partial charge in [0.05, 0.1) is 29.3 Å². The maximum absolute atomic E-state index is 4.93. The highest BCUT2D eigenvalue weighted by Gasteiger charge is 2.15. The van der Waals surface area contributed by atoms with E-state index in [0.29, 0.717) is 5.65 Å². The van der Waals surface area contributed by atoms with Gasteiger partial charge in [-0.2, -0.15) is 5.10 Å². The van der Waals surface area contributed by atoms with E-state index in [4.69, 9.17) is 15.0 Å². The molecular formula is C23H19N6+. The second-order valence-corrected chi connectivity index (χ2v) is 6.74. The van der Waals surface area contributed by atoms with E-state index in [1.807, 2.05) is 48.5 Å². The van der Waals surface area contributed by atoms with E-state index in [2.05, 4.69) is 40.2 Å². The first-order valence-electron chi connectivity index (χ1n) is 9.44. The Hall–Kier alpha value is -3.90. The SMILES string of the molecule is [NH3+]Cc1ccc(-c2nc3ccc(-c4ccn[nH]4)nc3nc2-c2ccccc2)cc1. The molecular weight excluding hydrogens is 360 g/mol. The van der Waals surface area contributed by atoms with Gasteiger partial charge in [-0.25, -0.2) is 15.0 Å². The van der Waals surface area contributed by atoms with E-state index in [9.17, 15) is 0 Å². The lowest BCUT2D eigenvalue weighted by Crippen LogP contribution is -2.47. The molecule has 6 nitrogen and oxygen atoms in total. The van der Waals surface area contributed by atoms with Crippen LogP contribution in [0.5, 0.6) is 0 Å². The Balaban J connectivity index is 1.73. The molecule has 0 spiro atoms. The zero-order chi connectivity index (χ0) is 19.6. The van der Waals surface area contributed by atoms with Crippen LogP contribution < -0.4 is 5.73 Å². The molecule has 0 saturated carbocycles. The number of benzene rings is 2. The molecule has 0 amide bonds. The molecule has 140 valence electrons. The minimum absolute atomic E-state index is 0.606. The number of pyridine rings is 1. The standard InChI is InChI=1S/C23H18N6/c24-14-15-6-8-17(9-7-15)21-22(16-4-2-1-3-5-16)28-23-20(26-21)11-10-18(27-23)19-12-13-25-29-19/h1-13H,14,24H2,(H,25,29)/p+1. The predicted octanol–water partition coefficient (Wildman–Crippen LogP) is 3.49. The summed E-state index contributed by atoms with van der Waals surface area (Å²) >= 11 is 0. The van der Waals surface area contributed by atoms with Crippen molar-refractivity contribution in [2.75, 3.05) is 0 Å². The van der Waals surface area contributed by atoms with Crippen molar-refractivity contribution in [3.05, 3.63) is 84.6 Å². The molecule has 0 saturated heterocycles. The highest BCUT2D eigenvalue weighted by atomic mass is 15.1. The summed E-state index contributed by atoms with van der Waals surface area (Å²) in [5, 5.41) is 6.95. The van der Waals surface area contributed by atoms with Gasteiger partial charge in [0.25, 0.3) is 0 Å². The molecule has 5 rings (SSSR count). The molecule has 3 heterocycles. The van der Waals surface area contributed by atoms with Gasteiger partial charge in [0.2, 0.25) is 0 Å². The fraction of sp³-hybridized carbons (Fsp3) is 0.0435. The normalized spacial score (nSPS) is 11.1. The first-order valence-corrected chi connectivity index (χ1v) is 9.44. The fourth-order valence-corrected chi connectivity index (χ4v) is 3.32. The van der Waals surface area contributed by atoms with Crippen molar-refractivity contribution in [2.24, 2.45) is 0 Å². The summed E-state index contributed by atoms with van der Waals surface area (Å²) in [5.74, 6) is 0. The summed E-state index contributed by atoms with van der Waals surface area (Å²) in [7, 11) is 0. The van der Waals surface area contributed by atoms with Crippen molar-refractivity contribution in [1.82, 2.24) is 25.1 Å². The van der Waals surface area contributed by atoms with Gasteiger partial charge in [0.1, 0.15) is 5.52 Å². The fourth-order valence-electron chi connectivity index (χ4n) is 3.32. The Morgan fingerprint density at radius 1 is 0.724 bits per heavy atom. The maximum atomic E-state index is 4.93. The Morgan fingerprint density at radius 3 is 2.21 bits per heavy atom. The van der Waals surface area contributed by atoms with E-state index in [1.165, 1.54) is 5.56 Å². The Bertz CT molecular complexity index is 1260. The lowest BCUT2D eigenvalue weighted by molar-refractivity contribution is -0.386. The summed E-state index contributed by atoms with van der Waals surface area (Å²) < 4.78 is 0. The zero-order valence-electron chi connectivity index (χ0n) is 15.7. The summed E-state index contributed by atoms with van der Waals surface area (Å²) in [6.07, 6.45) is 1.71. The van der Waals surface area contributed by atoms with E-state index < -0.39 is 0 Å². The monoisotopic (exact) mass is 379 g/mol. The topological polar surface area (TPSA) is 95.0 Å².